The number of nitrogens with zero attached hydrogens (tertiary/aromatic N) is 16. The summed E-state index contributed by atoms with van der Waals surface area (Å²) in [7, 11) is 6.02. The van der Waals surface area contributed by atoms with Crippen LogP contribution in [0.4, 0.5) is 71.5 Å². The molecule has 3 aliphatic rings. The van der Waals surface area contributed by atoms with E-state index >= 15 is 0 Å². The highest BCUT2D eigenvalue weighted by molar-refractivity contribution is 9.10. The molecule has 0 amide bonds. The highest BCUT2D eigenvalue weighted by Crippen LogP contribution is 2.40. The van der Waals surface area contributed by atoms with Crippen LogP contribution < -0.4 is 32.9 Å². The number of hydrogen-bond donors (Lipinski definition) is 5. The van der Waals surface area contributed by atoms with E-state index in [1.807, 2.05) is 111 Å². The number of nitrogens with one attached hydrogen (secondary N) is 3. The van der Waals surface area contributed by atoms with Gasteiger partial charge in [-0.15, -0.1) is 0 Å². The van der Waals surface area contributed by atoms with E-state index < -0.39 is 60.0 Å². The predicted octanol–water partition coefficient (Wildman–Crippen LogP) is 16.1. The molecule has 0 aromatic carbocycles. The third-order valence-electron chi connectivity index (χ3n) is 19.1. The highest BCUT2D eigenvalue weighted by Gasteiger charge is 2.55. The lowest BCUT2D eigenvalue weighted by atomic mass is 9.64. The molecule has 15 heterocycles. The molecule has 2 atom stereocenters. The normalized spacial score (nSPS) is 15.7. The number of rotatable bonds is 14. The lowest BCUT2D eigenvalue weighted by Gasteiger charge is -2.32. The molecule has 624 valence electrons. The molecular formula is C79H95B3Br2F7N21O6. The summed E-state index contributed by atoms with van der Waals surface area (Å²) in [5.41, 5.74) is 13.5. The molecule has 118 heavy (non-hydrogen) atoms. The predicted molar refractivity (Wildman–Crippen MR) is 449 cm³/mol. The molecule has 2 unspecified atom stereocenters. The van der Waals surface area contributed by atoms with Gasteiger partial charge in [-0.2, -0.15) is 66.1 Å². The number of hydrogen-bond acceptors (Lipinski definition) is 23. The SMILES string of the molecule is CC1(C)OB(c2cc(F)nc(F)c2)OC1(C)C.CC1OB(CB2OC(C)(C)C(C)(C)O2)OC1(C)C.CCC(C)c1cc(Br)ccn1.Cn1nccc1N.Cn1nccc1Nc1cc(-c2cc(F)nc(CN)c2)ccn1.Cn1nccc1Nc1cc(-c2cc(F)nc(F)c2)ccn1.Cn1nccc1Nc1cc(Br)ccn1.Fc1cccc(F)n1. The fourth-order valence-electron chi connectivity index (χ4n) is 10.6. The number of anilines is 7. The molecule has 7 N–H and O–H groups in total. The third-order valence-corrected chi connectivity index (χ3v) is 20.1. The Bertz CT molecular complexity index is 5120. The van der Waals surface area contributed by atoms with Crippen LogP contribution in [0.2, 0.25) is 6.22 Å². The van der Waals surface area contributed by atoms with Gasteiger partial charge in [0, 0.05) is 117 Å². The number of aryl methyl sites for hydroxylation is 4. The maximum Gasteiger partial charge on any atom is 0.495 e. The van der Waals surface area contributed by atoms with Crippen molar-refractivity contribution in [2.45, 2.75) is 149 Å². The Kier molecular flexibility index (Phi) is 33.0. The molecule has 27 nitrogen and oxygen atoms in total. The zero-order valence-electron chi connectivity index (χ0n) is 68.4. The maximum absolute atomic E-state index is 13.5. The summed E-state index contributed by atoms with van der Waals surface area (Å²) in [5.74, 6) is 0.133. The van der Waals surface area contributed by atoms with Gasteiger partial charge in [0.05, 0.1) is 64.6 Å². The minimum atomic E-state index is -0.880. The van der Waals surface area contributed by atoms with Gasteiger partial charge in [0.15, 0.2) is 0 Å². The van der Waals surface area contributed by atoms with Crippen LogP contribution in [0.3, 0.4) is 0 Å². The largest absolute Gasteiger partial charge is 0.495 e. The van der Waals surface area contributed by atoms with Crippen molar-refractivity contribution in [1.82, 2.24) is 79.0 Å². The Balaban J connectivity index is 0.000000172. The fraction of sp³-hybridized carbons (Fsp3) is 0.342. The Morgan fingerprint density at radius 3 is 1.22 bits per heavy atom. The van der Waals surface area contributed by atoms with E-state index in [4.69, 9.17) is 39.4 Å². The highest BCUT2D eigenvalue weighted by atomic mass is 79.9. The van der Waals surface area contributed by atoms with Crippen LogP contribution in [0.15, 0.2) is 186 Å². The molecule has 39 heteroatoms. The summed E-state index contributed by atoms with van der Waals surface area (Å²) in [6.45, 7) is 26.4. The van der Waals surface area contributed by atoms with Crippen LogP contribution in [0.25, 0.3) is 22.3 Å². The Morgan fingerprint density at radius 1 is 0.449 bits per heavy atom. The van der Waals surface area contributed by atoms with Gasteiger partial charge in [0.25, 0.3) is 0 Å². The number of aromatic nitrogens is 16. The first-order valence-corrected chi connectivity index (χ1v) is 38.7. The average molecular weight is 1760 g/mol. The van der Waals surface area contributed by atoms with Crippen LogP contribution in [0.5, 0.6) is 0 Å². The van der Waals surface area contributed by atoms with Crippen molar-refractivity contribution in [2.75, 3.05) is 21.7 Å². The van der Waals surface area contributed by atoms with Gasteiger partial charge in [-0.25, -0.2) is 19.9 Å². The Morgan fingerprint density at radius 2 is 0.847 bits per heavy atom. The van der Waals surface area contributed by atoms with Gasteiger partial charge < -0.3 is 55.3 Å². The molecular weight excluding hydrogens is 1660 g/mol. The fourth-order valence-corrected chi connectivity index (χ4v) is 11.3. The minimum absolute atomic E-state index is 0.0879. The summed E-state index contributed by atoms with van der Waals surface area (Å²) >= 11 is 6.80. The summed E-state index contributed by atoms with van der Waals surface area (Å²) in [6, 6.07) is 33.3. The molecule has 12 aromatic heterocycles. The van der Waals surface area contributed by atoms with E-state index in [1.165, 1.54) is 30.0 Å². The van der Waals surface area contributed by atoms with Crippen molar-refractivity contribution >= 4 is 99.4 Å². The van der Waals surface area contributed by atoms with Crippen LogP contribution >= 0.6 is 31.9 Å². The zero-order valence-corrected chi connectivity index (χ0v) is 71.6. The van der Waals surface area contributed by atoms with E-state index in [2.05, 4.69) is 156 Å². The monoisotopic (exact) mass is 1760 g/mol. The van der Waals surface area contributed by atoms with Gasteiger partial charge in [0.1, 0.15) is 40.7 Å². The van der Waals surface area contributed by atoms with E-state index in [0.717, 1.165) is 68.5 Å². The Hall–Kier alpha value is -10.4. The quantitative estimate of drug-likeness (QED) is 0.0384. The molecule has 12 aromatic rings. The molecule has 0 radical (unpaired) electrons. The summed E-state index contributed by atoms with van der Waals surface area (Å²) in [5, 5.41) is 25.4. The molecule has 3 fully saturated rings. The van der Waals surface area contributed by atoms with Crippen molar-refractivity contribution in [3.05, 3.63) is 239 Å². The van der Waals surface area contributed by atoms with Crippen molar-refractivity contribution in [1.29, 1.82) is 0 Å². The number of nitrogen functional groups attached to an aromatic ring is 1. The maximum atomic E-state index is 13.5. The molecule has 0 bridgehead atoms. The molecule has 0 saturated carbocycles. The lowest BCUT2D eigenvalue weighted by molar-refractivity contribution is 0.00578. The standard InChI is InChI=1S/C15H15FN6.C14H11F2N5.C12H24B2O4.C11H14BF2NO2.C9H9BrN4.C9H12BrN.C5H3F2N.C4H7N3/c1-22-15(3-5-19-22)21-14-8-10(2-4-18-14)11-6-12(9-17)20-13(16)7-11;1-21-14(3-5-18-21)20-13-8-9(2-4-17-13)10-6-11(15)19-12(16)7-10;1-9-10(2,3)16-13(15-9)8-14-17-11(4,5)12(6,7)18-14;1-10(2)11(3,4)17-12(16-10)7-5-8(13)15-9(14)6-7;1-14-9(3-5-12-14)13-8-6-7(10)2-4-11-8;1-3-7(2)9-6-8(10)4-5-11-9;6-4-2-1-3-5(7)8-4;1-7-4(5)2-3-6-7/h2-8H,9,17H2,1H3,(H,18,21);2-8H,1H3,(H,17,20);9H,8H2,1-7H3;5-6H,1-4H3;2-6H,1H3,(H,11,13);4-7H,3H2,1-2H3;1-3H;2-3H,5H2,1H3. The first-order chi connectivity index (χ1) is 55.6. The summed E-state index contributed by atoms with van der Waals surface area (Å²) in [4.78, 5) is 29.6. The number of halogens is 9. The van der Waals surface area contributed by atoms with Crippen molar-refractivity contribution in [2.24, 2.45) is 33.9 Å². The minimum Gasteiger partial charge on any atom is -0.406 e. The van der Waals surface area contributed by atoms with Gasteiger partial charge in [-0.3, -0.25) is 23.7 Å². The molecule has 3 aliphatic heterocycles. The molecule has 15 rings (SSSR count). The lowest BCUT2D eigenvalue weighted by Crippen LogP contribution is -2.41. The van der Waals surface area contributed by atoms with E-state index in [9.17, 15) is 30.7 Å². The third kappa shape index (κ3) is 27.6. The zero-order chi connectivity index (χ0) is 86.5. The number of nitrogens with two attached hydrogens (primary N) is 2. The second kappa shape index (κ2) is 41.8. The van der Waals surface area contributed by atoms with Crippen LogP contribution in [-0.4, -0.2) is 134 Å². The van der Waals surface area contributed by atoms with Crippen LogP contribution in [-0.2, 0) is 62.7 Å². The van der Waals surface area contributed by atoms with E-state index in [0.29, 0.717) is 57.4 Å². The summed E-state index contributed by atoms with van der Waals surface area (Å²) in [6.07, 6.45) is 15.4. The van der Waals surface area contributed by atoms with Gasteiger partial charge in [-0.1, -0.05) is 51.8 Å². The first kappa shape index (κ1) is 93.1. The summed E-state index contributed by atoms with van der Waals surface area (Å²) < 4.78 is 133. The van der Waals surface area contributed by atoms with Crippen LogP contribution in [0.1, 0.15) is 114 Å². The van der Waals surface area contributed by atoms with Gasteiger partial charge >= 0.3 is 21.4 Å². The topological polar surface area (TPSA) is 318 Å². The Labute approximate surface area is 699 Å². The number of pyridine rings is 8. The van der Waals surface area contributed by atoms with E-state index in [-0.39, 0.29) is 43.7 Å². The average Bonchev–Trinajstić information content (AvgIpc) is 1.63. The molecule has 0 aliphatic carbocycles. The van der Waals surface area contributed by atoms with Gasteiger partial charge in [0.2, 0.25) is 41.6 Å². The van der Waals surface area contributed by atoms with Crippen molar-refractivity contribution in [3.63, 3.8) is 0 Å². The smallest absolute Gasteiger partial charge is 0.406 e. The van der Waals surface area contributed by atoms with Crippen molar-refractivity contribution in [3.8, 4) is 22.3 Å². The van der Waals surface area contributed by atoms with Crippen LogP contribution in [0, 0.1) is 41.6 Å². The second-order valence-electron chi connectivity index (χ2n) is 29.3. The van der Waals surface area contributed by atoms with Gasteiger partial charge in [-0.05, 0) is 201 Å². The second-order valence-corrected chi connectivity index (χ2v) is 31.2. The first-order valence-electron chi connectivity index (χ1n) is 37.1. The van der Waals surface area contributed by atoms with E-state index in [1.54, 1.807) is 107 Å². The molecule has 3 saturated heterocycles. The molecule has 0 spiro atoms. The van der Waals surface area contributed by atoms with Crippen molar-refractivity contribution < 1.29 is 58.7 Å².